The Morgan fingerprint density at radius 3 is 3.17 bits per heavy atom. The van der Waals surface area contributed by atoms with Crippen molar-refractivity contribution >= 4 is 0 Å². The maximum atomic E-state index is 5.48. The lowest BCUT2D eigenvalue weighted by molar-refractivity contribution is 0.104. The van der Waals surface area contributed by atoms with Crippen LogP contribution in [0.15, 0.2) is 29.1 Å². The molecule has 0 bridgehead atoms. The van der Waals surface area contributed by atoms with Crippen LogP contribution in [0, 0.1) is 6.92 Å². The molecule has 0 radical (unpaired) electrons. The number of nitrogens with zero attached hydrogens (tertiary/aromatic N) is 1. The largest absolute Gasteiger partial charge is 0.467 e. The molecule has 2 heterocycles. The molecule has 0 unspecified atom stereocenters. The SMILES string of the molecule is Cc1[nH]cnc1CNCCCOCc1ccco1. The smallest absolute Gasteiger partial charge is 0.129 e. The van der Waals surface area contributed by atoms with Crippen LogP contribution in [0.4, 0.5) is 0 Å². The summed E-state index contributed by atoms with van der Waals surface area (Å²) in [5.41, 5.74) is 2.20. The second-order valence-corrected chi connectivity index (χ2v) is 4.14. The molecule has 5 nitrogen and oxygen atoms in total. The van der Waals surface area contributed by atoms with Crippen molar-refractivity contribution in [2.75, 3.05) is 13.2 Å². The lowest BCUT2D eigenvalue weighted by Crippen LogP contribution is -2.17. The summed E-state index contributed by atoms with van der Waals surface area (Å²) in [6.07, 6.45) is 4.36. The van der Waals surface area contributed by atoms with Gasteiger partial charge in [-0.25, -0.2) is 4.98 Å². The highest BCUT2D eigenvalue weighted by atomic mass is 16.5. The topological polar surface area (TPSA) is 63.1 Å². The zero-order chi connectivity index (χ0) is 12.6. The van der Waals surface area contributed by atoms with Gasteiger partial charge in [-0.15, -0.1) is 0 Å². The van der Waals surface area contributed by atoms with Gasteiger partial charge in [0.15, 0.2) is 0 Å². The fraction of sp³-hybridized carbons (Fsp3) is 0.462. The summed E-state index contributed by atoms with van der Waals surface area (Å²) in [5.74, 6) is 0.870. The number of aromatic nitrogens is 2. The number of rotatable bonds is 8. The van der Waals surface area contributed by atoms with Gasteiger partial charge in [-0.3, -0.25) is 0 Å². The Hall–Kier alpha value is -1.59. The molecule has 2 aromatic heterocycles. The first-order chi connectivity index (χ1) is 8.86. The van der Waals surface area contributed by atoms with Gasteiger partial charge in [0, 0.05) is 18.8 Å². The van der Waals surface area contributed by atoms with Crippen molar-refractivity contribution in [3.63, 3.8) is 0 Å². The van der Waals surface area contributed by atoms with Crippen LogP contribution in [0.1, 0.15) is 23.6 Å². The molecule has 0 amide bonds. The molecular weight excluding hydrogens is 230 g/mol. The number of nitrogens with one attached hydrogen (secondary N) is 2. The number of H-pyrrole nitrogens is 1. The van der Waals surface area contributed by atoms with E-state index in [0.29, 0.717) is 6.61 Å². The van der Waals surface area contributed by atoms with Gasteiger partial charge in [0.25, 0.3) is 0 Å². The van der Waals surface area contributed by atoms with Crippen LogP contribution in [0.2, 0.25) is 0 Å². The lowest BCUT2D eigenvalue weighted by atomic mass is 10.3. The normalized spacial score (nSPS) is 10.9. The highest BCUT2D eigenvalue weighted by Gasteiger charge is 1.99. The van der Waals surface area contributed by atoms with Crippen LogP contribution in [0.3, 0.4) is 0 Å². The Morgan fingerprint density at radius 1 is 1.50 bits per heavy atom. The third kappa shape index (κ3) is 4.01. The van der Waals surface area contributed by atoms with Crippen molar-refractivity contribution in [3.05, 3.63) is 41.9 Å². The van der Waals surface area contributed by atoms with Gasteiger partial charge < -0.3 is 19.5 Å². The van der Waals surface area contributed by atoms with E-state index in [0.717, 1.165) is 43.3 Å². The third-order valence-electron chi connectivity index (χ3n) is 2.69. The Labute approximate surface area is 107 Å². The van der Waals surface area contributed by atoms with E-state index in [4.69, 9.17) is 9.15 Å². The Morgan fingerprint density at radius 2 is 2.44 bits per heavy atom. The number of furan rings is 1. The zero-order valence-electron chi connectivity index (χ0n) is 10.6. The maximum Gasteiger partial charge on any atom is 0.129 e. The average Bonchev–Trinajstić information content (AvgIpc) is 3.00. The number of hydrogen-bond donors (Lipinski definition) is 2. The standard InChI is InChI=1S/C13H19N3O2/c1-11-13(16-10-15-11)8-14-5-3-6-17-9-12-4-2-7-18-12/h2,4,7,10,14H,3,5-6,8-9H2,1H3,(H,15,16). The van der Waals surface area contributed by atoms with Gasteiger partial charge >= 0.3 is 0 Å². The van der Waals surface area contributed by atoms with Gasteiger partial charge in [0.1, 0.15) is 12.4 Å². The molecule has 18 heavy (non-hydrogen) atoms. The first-order valence-electron chi connectivity index (χ1n) is 6.16. The molecule has 2 rings (SSSR count). The fourth-order valence-corrected chi connectivity index (χ4v) is 1.64. The van der Waals surface area contributed by atoms with Crippen LogP contribution in [0.5, 0.6) is 0 Å². The molecule has 0 aliphatic rings. The number of aryl methyl sites for hydroxylation is 1. The van der Waals surface area contributed by atoms with Crippen molar-refractivity contribution in [1.29, 1.82) is 0 Å². The Balaban J connectivity index is 1.48. The molecular formula is C13H19N3O2. The van der Waals surface area contributed by atoms with Crippen molar-refractivity contribution in [1.82, 2.24) is 15.3 Å². The van der Waals surface area contributed by atoms with E-state index in [1.165, 1.54) is 0 Å². The first-order valence-corrected chi connectivity index (χ1v) is 6.16. The van der Waals surface area contributed by atoms with Gasteiger partial charge in [-0.05, 0) is 32.0 Å². The number of imidazole rings is 1. The van der Waals surface area contributed by atoms with Gasteiger partial charge in [-0.2, -0.15) is 0 Å². The molecule has 2 N–H and O–H groups in total. The molecule has 0 saturated carbocycles. The van der Waals surface area contributed by atoms with Crippen LogP contribution in [-0.4, -0.2) is 23.1 Å². The van der Waals surface area contributed by atoms with Crippen LogP contribution < -0.4 is 5.32 Å². The summed E-state index contributed by atoms with van der Waals surface area (Å²) in [4.78, 5) is 7.28. The van der Waals surface area contributed by atoms with Gasteiger partial charge in [-0.1, -0.05) is 0 Å². The summed E-state index contributed by atoms with van der Waals surface area (Å²) >= 11 is 0. The highest BCUT2D eigenvalue weighted by molar-refractivity contribution is 5.07. The van der Waals surface area contributed by atoms with E-state index >= 15 is 0 Å². The minimum atomic E-state index is 0.547. The number of aromatic amines is 1. The fourth-order valence-electron chi connectivity index (χ4n) is 1.64. The third-order valence-corrected chi connectivity index (χ3v) is 2.69. The summed E-state index contributed by atoms with van der Waals surface area (Å²) in [6.45, 7) is 5.02. The van der Waals surface area contributed by atoms with Crippen LogP contribution in [-0.2, 0) is 17.9 Å². The molecule has 0 spiro atoms. The van der Waals surface area contributed by atoms with E-state index in [-0.39, 0.29) is 0 Å². The Bertz CT molecular complexity index is 437. The summed E-state index contributed by atoms with van der Waals surface area (Å²) in [6, 6.07) is 3.78. The molecule has 0 fully saturated rings. The molecule has 2 aromatic rings. The van der Waals surface area contributed by atoms with E-state index in [2.05, 4.69) is 15.3 Å². The average molecular weight is 249 g/mol. The summed E-state index contributed by atoms with van der Waals surface area (Å²) < 4.78 is 10.7. The molecule has 0 aliphatic heterocycles. The van der Waals surface area contributed by atoms with E-state index in [9.17, 15) is 0 Å². The first kappa shape index (κ1) is 12.9. The molecule has 0 aromatic carbocycles. The lowest BCUT2D eigenvalue weighted by Gasteiger charge is -2.04. The molecule has 5 heteroatoms. The van der Waals surface area contributed by atoms with Gasteiger partial charge in [0.2, 0.25) is 0 Å². The molecule has 0 aliphatic carbocycles. The second kappa shape index (κ2) is 6.98. The summed E-state index contributed by atoms with van der Waals surface area (Å²) in [7, 11) is 0. The molecule has 0 saturated heterocycles. The van der Waals surface area contributed by atoms with Crippen LogP contribution >= 0.6 is 0 Å². The molecule has 0 atom stereocenters. The minimum Gasteiger partial charge on any atom is -0.467 e. The maximum absolute atomic E-state index is 5.48. The van der Waals surface area contributed by atoms with E-state index in [1.807, 2.05) is 19.1 Å². The van der Waals surface area contributed by atoms with Crippen molar-refractivity contribution in [3.8, 4) is 0 Å². The van der Waals surface area contributed by atoms with E-state index < -0.39 is 0 Å². The van der Waals surface area contributed by atoms with Crippen LogP contribution in [0.25, 0.3) is 0 Å². The van der Waals surface area contributed by atoms with Crippen molar-refractivity contribution in [2.24, 2.45) is 0 Å². The number of hydrogen-bond acceptors (Lipinski definition) is 4. The van der Waals surface area contributed by atoms with Crippen molar-refractivity contribution < 1.29 is 9.15 Å². The van der Waals surface area contributed by atoms with Gasteiger partial charge in [0.05, 0.1) is 18.3 Å². The zero-order valence-corrected chi connectivity index (χ0v) is 10.6. The minimum absolute atomic E-state index is 0.547. The molecule has 98 valence electrons. The highest BCUT2D eigenvalue weighted by Crippen LogP contribution is 2.02. The van der Waals surface area contributed by atoms with Crippen molar-refractivity contribution in [2.45, 2.75) is 26.5 Å². The summed E-state index contributed by atoms with van der Waals surface area (Å²) in [5, 5.41) is 3.34. The second-order valence-electron chi connectivity index (χ2n) is 4.14. The predicted molar refractivity (Wildman–Crippen MR) is 68.0 cm³/mol. The van der Waals surface area contributed by atoms with E-state index in [1.54, 1.807) is 12.6 Å². The predicted octanol–water partition coefficient (Wildman–Crippen LogP) is 2.01. The number of ether oxygens (including phenoxy) is 1. The monoisotopic (exact) mass is 249 g/mol. The Kier molecular flexibility index (Phi) is 4.99. The quantitative estimate of drug-likeness (QED) is 0.702.